The van der Waals surface area contributed by atoms with Crippen LogP contribution in [0, 0.1) is 5.92 Å². The van der Waals surface area contributed by atoms with Gasteiger partial charge in [-0.2, -0.15) is 0 Å². The van der Waals surface area contributed by atoms with Crippen molar-refractivity contribution in [2.24, 2.45) is 5.92 Å². The molecule has 0 aliphatic carbocycles. The maximum absolute atomic E-state index is 11.1. The summed E-state index contributed by atoms with van der Waals surface area (Å²) in [6, 6.07) is 0. The van der Waals surface area contributed by atoms with Crippen molar-refractivity contribution in [3.63, 3.8) is 0 Å². The Hall–Kier alpha value is -0.770. The van der Waals surface area contributed by atoms with E-state index in [1.807, 2.05) is 0 Å². The molecule has 0 bridgehead atoms. The third kappa shape index (κ3) is 2.09. The molecule has 15 heavy (non-hydrogen) atoms. The number of carbonyl (C=O) groups is 1. The number of likely N-dealkylation sites (tertiary alicyclic amines) is 1. The predicted molar refractivity (Wildman–Crippen MR) is 57.7 cm³/mol. The maximum Gasteiger partial charge on any atom is 0.407 e. The van der Waals surface area contributed by atoms with Gasteiger partial charge in [-0.3, -0.25) is 0 Å². The van der Waals surface area contributed by atoms with Gasteiger partial charge in [0.1, 0.15) is 5.60 Å². The van der Waals surface area contributed by atoms with E-state index in [9.17, 15) is 4.79 Å². The monoisotopic (exact) mass is 212 g/mol. The van der Waals surface area contributed by atoms with E-state index in [1.165, 1.54) is 19.4 Å². The number of hydrogen-bond donors (Lipinski definition) is 1. The van der Waals surface area contributed by atoms with Crippen LogP contribution >= 0.6 is 0 Å². The minimum Gasteiger partial charge on any atom is -0.441 e. The molecule has 0 radical (unpaired) electrons. The molecule has 0 aromatic rings. The summed E-state index contributed by atoms with van der Waals surface area (Å²) >= 11 is 0. The number of ether oxygens (including phenoxy) is 1. The van der Waals surface area contributed by atoms with E-state index in [-0.39, 0.29) is 11.7 Å². The molecule has 1 N–H and O–H groups in total. The van der Waals surface area contributed by atoms with Crippen molar-refractivity contribution < 1.29 is 9.53 Å². The van der Waals surface area contributed by atoms with Gasteiger partial charge in [0.2, 0.25) is 0 Å². The lowest BCUT2D eigenvalue weighted by molar-refractivity contribution is -0.0102. The molecule has 4 nitrogen and oxygen atoms in total. The molecule has 2 atom stereocenters. The molecular formula is C11H20N2O2. The van der Waals surface area contributed by atoms with Gasteiger partial charge < -0.3 is 15.0 Å². The van der Waals surface area contributed by atoms with Crippen molar-refractivity contribution in [1.29, 1.82) is 0 Å². The van der Waals surface area contributed by atoms with E-state index in [4.69, 9.17) is 4.74 Å². The van der Waals surface area contributed by atoms with E-state index in [0.29, 0.717) is 12.5 Å². The molecule has 0 aromatic carbocycles. The highest BCUT2D eigenvalue weighted by atomic mass is 16.6. The summed E-state index contributed by atoms with van der Waals surface area (Å²) in [6.45, 7) is 8.23. The number of nitrogens with one attached hydrogen (secondary N) is 1. The Labute approximate surface area is 91.0 Å². The number of rotatable bonds is 2. The quantitative estimate of drug-likeness (QED) is 0.748. The van der Waals surface area contributed by atoms with E-state index in [1.54, 1.807) is 0 Å². The van der Waals surface area contributed by atoms with Gasteiger partial charge in [0.05, 0.1) is 6.54 Å². The smallest absolute Gasteiger partial charge is 0.407 e. The average molecular weight is 212 g/mol. The number of alkyl carbamates (subject to hydrolysis) is 1. The molecule has 2 fully saturated rings. The molecule has 86 valence electrons. The predicted octanol–water partition coefficient (Wildman–Crippen LogP) is 1.22. The summed E-state index contributed by atoms with van der Waals surface area (Å²) in [5.41, 5.74) is -0.287. The Balaban J connectivity index is 2.00. The number of piperidine rings is 1. The van der Waals surface area contributed by atoms with Gasteiger partial charge >= 0.3 is 6.09 Å². The van der Waals surface area contributed by atoms with Crippen LogP contribution in [0.3, 0.4) is 0 Å². The molecule has 0 saturated carbocycles. The van der Waals surface area contributed by atoms with Gasteiger partial charge in [-0.05, 0) is 32.9 Å². The number of hydrogen-bond acceptors (Lipinski definition) is 3. The minimum absolute atomic E-state index is 0.258. The molecule has 2 aliphatic heterocycles. The molecular weight excluding hydrogens is 192 g/mol. The van der Waals surface area contributed by atoms with Crippen LogP contribution in [-0.4, -0.2) is 42.8 Å². The zero-order valence-electron chi connectivity index (χ0n) is 9.58. The summed E-state index contributed by atoms with van der Waals surface area (Å²) in [6.07, 6.45) is 2.12. The fourth-order valence-electron chi connectivity index (χ4n) is 2.60. The highest BCUT2D eigenvalue weighted by Gasteiger charge is 2.44. The minimum atomic E-state index is -0.287. The molecule has 1 amide bonds. The van der Waals surface area contributed by atoms with Crippen LogP contribution in [-0.2, 0) is 4.74 Å². The summed E-state index contributed by atoms with van der Waals surface area (Å²) in [7, 11) is 0. The fraction of sp³-hybridized carbons (Fsp3) is 0.909. The van der Waals surface area contributed by atoms with E-state index >= 15 is 0 Å². The lowest BCUT2D eigenvalue weighted by atomic mass is 9.83. The SMILES string of the molecule is CCN1CCCC(C2(C)CNC(=O)O2)C1. The first-order valence-corrected chi connectivity index (χ1v) is 5.83. The van der Waals surface area contributed by atoms with Gasteiger partial charge in [0.25, 0.3) is 0 Å². The van der Waals surface area contributed by atoms with Crippen molar-refractivity contribution in [2.75, 3.05) is 26.2 Å². The average Bonchev–Trinajstić information content (AvgIpc) is 2.60. The Morgan fingerprint density at radius 2 is 2.47 bits per heavy atom. The van der Waals surface area contributed by atoms with Crippen LogP contribution in [0.1, 0.15) is 26.7 Å². The van der Waals surface area contributed by atoms with Crippen molar-refractivity contribution in [2.45, 2.75) is 32.3 Å². The number of nitrogens with zero attached hydrogens (tertiary/aromatic N) is 1. The van der Waals surface area contributed by atoms with E-state index in [0.717, 1.165) is 13.1 Å². The summed E-state index contributed by atoms with van der Waals surface area (Å²) in [5, 5.41) is 2.76. The Morgan fingerprint density at radius 3 is 3.07 bits per heavy atom. The highest BCUT2D eigenvalue weighted by molar-refractivity contribution is 5.70. The van der Waals surface area contributed by atoms with Crippen LogP contribution in [0.5, 0.6) is 0 Å². The molecule has 0 spiro atoms. The second-order valence-electron chi connectivity index (χ2n) is 4.79. The van der Waals surface area contributed by atoms with Crippen LogP contribution in [0.2, 0.25) is 0 Å². The standard InChI is InChI=1S/C11H20N2O2/c1-3-13-6-4-5-9(7-13)11(2)8-12-10(14)15-11/h9H,3-8H2,1-2H3,(H,12,14). The number of cyclic esters (lactones) is 1. The largest absolute Gasteiger partial charge is 0.441 e. The summed E-state index contributed by atoms with van der Waals surface area (Å²) < 4.78 is 5.40. The second kappa shape index (κ2) is 4.00. The molecule has 0 aromatic heterocycles. The second-order valence-corrected chi connectivity index (χ2v) is 4.79. The first-order valence-electron chi connectivity index (χ1n) is 5.83. The molecule has 2 aliphatic rings. The van der Waals surface area contributed by atoms with Gasteiger partial charge in [0, 0.05) is 12.5 Å². The normalized spacial score (nSPS) is 37.5. The Morgan fingerprint density at radius 1 is 1.67 bits per heavy atom. The first-order chi connectivity index (χ1) is 7.14. The van der Waals surface area contributed by atoms with Crippen LogP contribution in [0.25, 0.3) is 0 Å². The fourth-order valence-corrected chi connectivity index (χ4v) is 2.60. The van der Waals surface area contributed by atoms with Gasteiger partial charge in [-0.25, -0.2) is 4.79 Å². The summed E-state index contributed by atoms with van der Waals surface area (Å²) in [4.78, 5) is 13.5. The van der Waals surface area contributed by atoms with E-state index < -0.39 is 0 Å². The van der Waals surface area contributed by atoms with Gasteiger partial charge in [-0.15, -0.1) is 0 Å². The Bertz CT molecular complexity index is 257. The molecule has 2 unspecified atom stereocenters. The lowest BCUT2D eigenvalue weighted by Crippen LogP contribution is -2.48. The van der Waals surface area contributed by atoms with Crippen molar-refractivity contribution >= 4 is 6.09 Å². The topological polar surface area (TPSA) is 41.6 Å². The number of carbonyl (C=O) groups excluding carboxylic acids is 1. The van der Waals surface area contributed by atoms with Crippen molar-refractivity contribution in [1.82, 2.24) is 10.2 Å². The van der Waals surface area contributed by atoms with Crippen LogP contribution in [0.4, 0.5) is 4.79 Å². The number of amides is 1. The zero-order chi connectivity index (χ0) is 10.9. The van der Waals surface area contributed by atoms with Crippen LogP contribution < -0.4 is 5.32 Å². The molecule has 2 heterocycles. The zero-order valence-corrected chi connectivity index (χ0v) is 9.58. The third-order valence-corrected chi connectivity index (χ3v) is 3.73. The summed E-state index contributed by atoms with van der Waals surface area (Å²) in [5.74, 6) is 0.477. The molecule has 2 rings (SSSR count). The van der Waals surface area contributed by atoms with E-state index in [2.05, 4.69) is 24.1 Å². The highest BCUT2D eigenvalue weighted by Crippen LogP contribution is 2.32. The van der Waals surface area contributed by atoms with Crippen molar-refractivity contribution in [3.8, 4) is 0 Å². The van der Waals surface area contributed by atoms with Gasteiger partial charge in [-0.1, -0.05) is 6.92 Å². The third-order valence-electron chi connectivity index (χ3n) is 3.73. The van der Waals surface area contributed by atoms with Crippen molar-refractivity contribution in [3.05, 3.63) is 0 Å². The molecule has 2 saturated heterocycles. The lowest BCUT2D eigenvalue weighted by Gasteiger charge is -2.39. The first kappa shape index (κ1) is 10.7. The Kier molecular flexibility index (Phi) is 2.87. The van der Waals surface area contributed by atoms with Gasteiger partial charge in [0.15, 0.2) is 0 Å². The molecule has 4 heteroatoms. The van der Waals surface area contributed by atoms with Crippen LogP contribution in [0.15, 0.2) is 0 Å². The maximum atomic E-state index is 11.1.